The lowest BCUT2D eigenvalue weighted by Crippen LogP contribution is -2.23. The summed E-state index contributed by atoms with van der Waals surface area (Å²) in [6.45, 7) is 2.13. The molecule has 1 heterocycles. The first-order valence-electron chi connectivity index (χ1n) is 8.18. The Hall–Kier alpha value is -2.86. The number of hydrogen-bond acceptors (Lipinski definition) is 4. The molecule has 6 heteroatoms. The summed E-state index contributed by atoms with van der Waals surface area (Å²) in [5, 5.41) is 12.2. The van der Waals surface area contributed by atoms with E-state index in [0.717, 1.165) is 16.5 Å². The van der Waals surface area contributed by atoms with Crippen LogP contribution in [0, 0.1) is 0 Å². The summed E-state index contributed by atoms with van der Waals surface area (Å²) < 4.78 is 7.64. The molecule has 1 amide bonds. The van der Waals surface area contributed by atoms with Crippen LogP contribution in [0.3, 0.4) is 0 Å². The van der Waals surface area contributed by atoms with Crippen LogP contribution in [0.4, 0.5) is 0 Å². The van der Waals surface area contributed by atoms with E-state index in [4.69, 9.17) is 10.5 Å². The van der Waals surface area contributed by atoms with Crippen molar-refractivity contribution in [3.05, 3.63) is 60.7 Å². The van der Waals surface area contributed by atoms with E-state index < -0.39 is 12.0 Å². The maximum Gasteiger partial charge on any atom is 0.268 e. The van der Waals surface area contributed by atoms with Crippen molar-refractivity contribution in [2.75, 3.05) is 6.61 Å². The van der Waals surface area contributed by atoms with E-state index in [1.54, 1.807) is 17.7 Å². The van der Waals surface area contributed by atoms with Crippen LogP contribution < -0.4 is 10.5 Å². The molecule has 0 aliphatic carbocycles. The van der Waals surface area contributed by atoms with Gasteiger partial charge in [0, 0.05) is 18.0 Å². The molecule has 2 atom stereocenters. The number of ether oxygens (including phenoxy) is 1. The molecule has 6 nitrogen and oxygen atoms in total. The number of aliphatic hydroxyl groups is 1. The Morgan fingerprint density at radius 2 is 2.04 bits per heavy atom. The molecular weight excluding hydrogens is 318 g/mol. The highest BCUT2D eigenvalue weighted by molar-refractivity contribution is 5.90. The Labute approximate surface area is 145 Å². The Morgan fingerprint density at radius 3 is 2.76 bits per heavy atom. The van der Waals surface area contributed by atoms with E-state index in [-0.39, 0.29) is 11.7 Å². The number of carbonyl (C=O) groups excluding carboxylic acids is 1. The van der Waals surface area contributed by atoms with Crippen molar-refractivity contribution in [3.8, 4) is 5.75 Å². The standard InChI is InChI=1S/C19H21N3O3/c1-13(23)17(22-11-16(19(20)24)21-12-22)9-10-25-18-8-4-6-14-5-2-3-7-15(14)18/h2-8,11-13,17,23H,9-10H2,1H3,(H2,20,24). The second kappa shape index (κ2) is 7.36. The van der Waals surface area contributed by atoms with Crippen LogP contribution in [-0.2, 0) is 0 Å². The number of hydrogen-bond donors (Lipinski definition) is 2. The lowest BCUT2D eigenvalue weighted by atomic mass is 10.1. The molecule has 0 aliphatic rings. The van der Waals surface area contributed by atoms with Crippen molar-refractivity contribution >= 4 is 16.7 Å². The fraction of sp³-hybridized carbons (Fsp3) is 0.263. The Kier molecular flexibility index (Phi) is 5.00. The van der Waals surface area contributed by atoms with Crippen LogP contribution in [-0.4, -0.2) is 33.3 Å². The third-order valence-corrected chi connectivity index (χ3v) is 4.21. The molecular formula is C19H21N3O3. The first-order chi connectivity index (χ1) is 12.1. The number of rotatable bonds is 7. The maximum atomic E-state index is 11.2. The number of carbonyl (C=O) groups is 1. The van der Waals surface area contributed by atoms with Gasteiger partial charge in [-0.2, -0.15) is 0 Å². The topological polar surface area (TPSA) is 90.4 Å². The number of imidazole rings is 1. The van der Waals surface area contributed by atoms with Gasteiger partial charge in [-0.3, -0.25) is 4.79 Å². The van der Waals surface area contributed by atoms with Gasteiger partial charge in [-0.15, -0.1) is 0 Å². The molecule has 0 fully saturated rings. The molecule has 0 saturated heterocycles. The smallest absolute Gasteiger partial charge is 0.268 e. The van der Waals surface area contributed by atoms with Crippen molar-refractivity contribution in [3.63, 3.8) is 0 Å². The van der Waals surface area contributed by atoms with Crippen molar-refractivity contribution in [1.82, 2.24) is 9.55 Å². The number of nitrogens with two attached hydrogens (primary N) is 1. The molecule has 3 N–H and O–H groups in total. The SMILES string of the molecule is CC(O)C(CCOc1cccc2ccccc12)n1cnc(C(N)=O)c1. The van der Waals surface area contributed by atoms with Gasteiger partial charge in [-0.25, -0.2) is 4.98 Å². The first-order valence-corrected chi connectivity index (χ1v) is 8.18. The quantitative estimate of drug-likeness (QED) is 0.692. The van der Waals surface area contributed by atoms with Crippen LogP contribution >= 0.6 is 0 Å². The summed E-state index contributed by atoms with van der Waals surface area (Å²) in [4.78, 5) is 15.2. The fourth-order valence-electron chi connectivity index (χ4n) is 2.90. The zero-order valence-electron chi connectivity index (χ0n) is 14.0. The minimum atomic E-state index is -0.619. The molecule has 130 valence electrons. The second-order valence-corrected chi connectivity index (χ2v) is 5.99. The molecule has 3 aromatic rings. The third kappa shape index (κ3) is 3.80. The van der Waals surface area contributed by atoms with Gasteiger partial charge in [-0.05, 0) is 18.4 Å². The third-order valence-electron chi connectivity index (χ3n) is 4.21. The van der Waals surface area contributed by atoms with Gasteiger partial charge in [0.25, 0.3) is 5.91 Å². The normalized spacial score (nSPS) is 13.5. The Morgan fingerprint density at radius 1 is 1.28 bits per heavy atom. The van der Waals surface area contributed by atoms with Gasteiger partial charge >= 0.3 is 0 Å². The second-order valence-electron chi connectivity index (χ2n) is 5.99. The van der Waals surface area contributed by atoms with E-state index in [1.807, 2.05) is 42.5 Å². The molecule has 0 spiro atoms. The predicted octanol–water partition coefficient (Wildman–Crippen LogP) is 2.53. The number of aromatic nitrogens is 2. The largest absolute Gasteiger partial charge is 0.493 e. The number of benzene rings is 2. The van der Waals surface area contributed by atoms with E-state index in [9.17, 15) is 9.90 Å². The predicted molar refractivity (Wildman–Crippen MR) is 95.5 cm³/mol. The molecule has 2 aromatic carbocycles. The average molecular weight is 339 g/mol. The first kappa shape index (κ1) is 17.0. The zero-order chi connectivity index (χ0) is 17.8. The van der Waals surface area contributed by atoms with Crippen LogP contribution in [0.5, 0.6) is 5.75 Å². The maximum absolute atomic E-state index is 11.2. The molecule has 25 heavy (non-hydrogen) atoms. The summed E-state index contributed by atoms with van der Waals surface area (Å²) in [5.74, 6) is 0.223. The summed E-state index contributed by atoms with van der Waals surface area (Å²) in [6.07, 6.45) is 3.01. The van der Waals surface area contributed by atoms with Gasteiger partial charge in [0.2, 0.25) is 0 Å². The summed E-state index contributed by atoms with van der Waals surface area (Å²) in [5.41, 5.74) is 5.41. The number of amides is 1. The highest BCUT2D eigenvalue weighted by Gasteiger charge is 2.19. The monoisotopic (exact) mass is 339 g/mol. The minimum absolute atomic E-state index is 0.181. The van der Waals surface area contributed by atoms with Crippen LogP contribution in [0.25, 0.3) is 10.8 Å². The lowest BCUT2D eigenvalue weighted by molar-refractivity contribution is 0.0993. The minimum Gasteiger partial charge on any atom is -0.493 e. The number of nitrogens with zero attached hydrogens (tertiary/aromatic N) is 2. The van der Waals surface area contributed by atoms with Gasteiger partial charge < -0.3 is 20.1 Å². The molecule has 0 aliphatic heterocycles. The van der Waals surface area contributed by atoms with Crippen molar-refractivity contribution < 1.29 is 14.6 Å². The zero-order valence-corrected chi connectivity index (χ0v) is 14.0. The van der Waals surface area contributed by atoms with Crippen molar-refractivity contribution in [1.29, 1.82) is 0 Å². The molecule has 0 radical (unpaired) electrons. The summed E-state index contributed by atoms with van der Waals surface area (Å²) in [6, 6.07) is 13.7. The number of primary amides is 1. The van der Waals surface area contributed by atoms with E-state index in [0.29, 0.717) is 13.0 Å². The van der Waals surface area contributed by atoms with Crippen LogP contribution in [0.2, 0.25) is 0 Å². The number of fused-ring (bicyclic) bond motifs is 1. The van der Waals surface area contributed by atoms with E-state index in [2.05, 4.69) is 4.98 Å². The van der Waals surface area contributed by atoms with Gasteiger partial charge in [0.05, 0.1) is 25.1 Å². The van der Waals surface area contributed by atoms with Crippen LogP contribution in [0.1, 0.15) is 29.9 Å². The molecule has 3 rings (SSSR count). The van der Waals surface area contributed by atoms with Crippen molar-refractivity contribution in [2.45, 2.75) is 25.5 Å². The molecule has 0 saturated carbocycles. The fourth-order valence-corrected chi connectivity index (χ4v) is 2.90. The molecule has 0 bridgehead atoms. The Balaban J connectivity index is 1.70. The van der Waals surface area contributed by atoms with Gasteiger partial charge in [0.1, 0.15) is 11.4 Å². The summed E-state index contributed by atoms with van der Waals surface area (Å²) in [7, 11) is 0. The van der Waals surface area contributed by atoms with E-state index >= 15 is 0 Å². The van der Waals surface area contributed by atoms with E-state index in [1.165, 1.54) is 6.33 Å². The average Bonchev–Trinajstić information content (AvgIpc) is 3.08. The lowest BCUT2D eigenvalue weighted by Gasteiger charge is -2.21. The molecule has 2 unspecified atom stereocenters. The highest BCUT2D eigenvalue weighted by Crippen LogP contribution is 2.26. The Bertz CT molecular complexity index is 868. The highest BCUT2D eigenvalue weighted by atomic mass is 16.5. The summed E-state index contributed by atoms with van der Waals surface area (Å²) >= 11 is 0. The number of aliphatic hydroxyl groups excluding tert-OH is 1. The van der Waals surface area contributed by atoms with Crippen LogP contribution in [0.15, 0.2) is 55.0 Å². The van der Waals surface area contributed by atoms with Crippen molar-refractivity contribution in [2.24, 2.45) is 5.73 Å². The molecule has 1 aromatic heterocycles. The van der Waals surface area contributed by atoms with Gasteiger partial charge in [0.15, 0.2) is 0 Å². The van der Waals surface area contributed by atoms with Gasteiger partial charge in [-0.1, -0.05) is 36.4 Å².